The third kappa shape index (κ3) is 3.11. The summed E-state index contributed by atoms with van der Waals surface area (Å²) in [7, 11) is 0. The molecule has 1 unspecified atom stereocenters. The predicted octanol–water partition coefficient (Wildman–Crippen LogP) is 4.01. The number of hydrogen-bond donors (Lipinski definition) is 3. The zero-order valence-corrected chi connectivity index (χ0v) is 12.8. The van der Waals surface area contributed by atoms with Gasteiger partial charge in [-0.3, -0.25) is 0 Å². The molecule has 0 aliphatic rings. The molecule has 0 fully saturated rings. The Balaban J connectivity index is 2.22. The summed E-state index contributed by atoms with van der Waals surface area (Å²) in [5.74, 6) is 0.269. The number of phenols is 2. The van der Waals surface area contributed by atoms with Gasteiger partial charge in [-0.1, -0.05) is 42.5 Å². The highest BCUT2D eigenvalue weighted by atomic mass is 32.2. The lowest BCUT2D eigenvalue weighted by Crippen LogP contribution is -1.97. The molecule has 0 amide bonds. The Morgan fingerprint density at radius 2 is 1.04 bits per heavy atom. The summed E-state index contributed by atoms with van der Waals surface area (Å²) >= 11 is -2.19. The van der Waals surface area contributed by atoms with Crippen LogP contribution in [0.25, 0.3) is 22.3 Å². The van der Waals surface area contributed by atoms with Crippen LogP contribution in [0.15, 0.2) is 71.6 Å². The third-order valence-corrected chi connectivity index (χ3v) is 4.34. The second-order valence-electron chi connectivity index (χ2n) is 5.03. The van der Waals surface area contributed by atoms with E-state index >= 15 is 0 Å². The highest BCUT2D eigenvalue weighted by Crippen LogP contribution is 2.35. The Hall–Kier alpha value is -2.63. The zero-order chi connectivity index (χ0) is 16.4. The molecule has 0 spiro atoms. The summed E-state index contributed by atoms with van der Waals surface area (Å²) in [5, 5.41) is 18.8. The average Bonchev–Trinajstić information content (AvgIpc) is 2.55. The van der Waals surface area contributed by atoms with E-state index in [0.29, 0.717) is 16.0 Å². The standard InChI is InChI=1S/C18H14O4S/c19-14-8-4-12(5-9-14)16-2-1-3-17(18(16)23(21)22)13-6-10-15(20)11-7-13/h1-11,19-20H,(H,21,22). The van der Waals surface area contributed by atoms with Gasteiger partial charge < -0.3 is 14.8 Å². The molecule has 23 heavy (non-hydrogen) atoms. The first kappa shape index (κ1) is 15.3. The molecule has 0 bridgehead atoms. The summed E-state index contributed by atoms with van der Waals surface area (Å²) in [6, 6.07) is 18.3. The van der Waals surface area contributed by atoms with Crippen molar-refractivity contribution in [1.29, 1.82) is 0 Å². The molecule has 0 radical (unpaired) electrons. The van der Waals surface area contributed by atoms with Crippen LogP contribution in [0.2, 0.25) is 0 Å². The molecule has 0 saturated carbocycles. The van der Waals surface area contributed by atoms with Crippen molar-refractivity contribution in [2.45, 2.75) is 4.90 Å². The molecule has 3 rings (SSSR count). The van der Waals surface area contributed by atoms with Gasteiger partial charge in [0.25, 0.3) is 0 Å². The van der Waals surface area contributed by atoms with Gasteiger partial charge in [-0.2, -0.15) is 0 Å². The topological polar surface area (TPSA) is 77.8 Å². The SMILES string of the molecule is O=S(O)c1c(-c2ccc(O)cc2)cccc1-c1ccc(O)cc1. The van der Waals surface area contributed by atoms with Crippen LogP contribution in [-0.4, -0.2) is 19.0 Å². The molecule has 1 atom stereocenters. The minimum absolute atomic E-state index is 0.134. The Labute approximate surface area is 136 Å². The maximum absolute atomic E-state index is 11.9. The van der Waals surface area contributed by atoms with Gasteiger partial charge in [-0.25, -0.2) is 4.21 Å². The van der Waals surface area contributed by atoms with E-state index in [1.165, 1.54) is 24.3 Å². The molecule has 0 aliphatic heterocycles. The van der Waals surface area contributed by atoms with Gasteiger partial charge in [-0.15, -0.1) is 0 Å². The van der Waals surface area contributed by atoms with Crippen LogP contribution in [0.4, 0.5) is 0 Å². The van der Waals surface area contributed by atoms with Crippen LogP contribution >= 0.6 is 0 Å². The van der Waals surface area contributed by atoms with E-state index in [2.05, 4.69) is 0 Å². The summed E-state index contributed by atoms with van der Waals surface area (Å²) in [4.78, 5) is 0.295. The Morgan fingerprint density at radius 3 is 1.39 bits per heavy atom. The Bertz CT molecular complexity index is 791. The molecule has 3 aromatic rings. The third-order valence-electron chi connectivity index (χ3n) is 3.55. The molecule has 0 heterocycles. The molecule has 3 aromatic carbocycles. The Kier molecular flexibility index (Phi) is 4.14. The number of phenolic OH excluding ortho intramolecular Hbond substituents is 2. The van der Waals surface area contributed by atoms with E-state index in [-0.39, 0.29) is 11.5 Å². The molecular weight excluding hydrogens is 312 g/mol. The molecular formula is C18H14O4S. The molecule has 116 valence electrons. The van der Waals surface area contributed by atoms with Gasteiger partial charge in [0.2, 0.25) is 0 Å². The molecule has 3 N–H and O–H groups in total. The van der Waals surface area contributed by atoms with Crippen LogP contribution in [-0.2, 0) is 11.1 Å². The molecule has 0 saturated heterocycles. The van der Waals surface area contributed by atoms with Crippen molar-refractivity contribution in [1.82, 2.24) is 0 Å². The van der Waals surface area contributed by atoms with Crippen LogP contribution in [0.5, 0.6) is 11.5 Å². The summed E-state index contributed by atoms with van der Waals surface area (Å²) < 4.78 is 21.7. The fourth-order valence-corrected chi connectivity index (χ4v) is 3.21. The van der Waals surface area contributed by atoms with Crippen molar-refractivity contribution >= 4 is 11.1 Å². The smallest absolute Gasteiger partial charge is 0.187 e. The number of benzene rings is 3. The predicted molar refractivity (Wildman–Crippen MR) is 89.7 cm³/mol. The number of hydrogen-bond acceptors (Lipinski definition) is 3. The largest absolute Gasteiger partial charge is 0.508 e. The lowest BCUT2D eigenvalue weighted by molar-refractivity contribution is 0.475. The first-order valence-corrected chi connectivity index (χ1v) is 7.99. The highest BCUT2D eigenvalue weighted by Gasteiger charge is 2.16. The van der Waals surface area contributed by atoms with E-state index in [4.69, 9.17) is 0 Å². The summed E-state index contributed by atoms with van der Waals surface area (Å²) in [6.45, 7) is 0. The number of aromatic hydroxyl groups is 2. The van der Waals surface area contributed by atoms with Crippen molar-refractivity contribution < 1.29 is 19.0 Å². The second kappa shape index (κ2) is 6.24. The highest BCUT2D eigenvalue weighted by molar-refractivity contribution is 7.79. The average molecular weight is 326 g/mol. The van der Waals surface area contributed by atoms with Crippen molar-refractivity contribution in [3.05, 3.63) is 66.7 Å². The van der Waals surface area contributed by atoms with Crippen molar-refractivity contribution in [3.8, 4) is 33.8 Å². The zero-order valence-electron chi connectivity index (χ0n) is 12.0. The number of rotatable bonds is 3. The molecule has 5 heteroatoms. The molecule has 0 aromatic heterocycles. The van der Waals surface area contributed by atoms with Crippen LogP contribution in [0, 0.1) is 0 Å². The minimum atomic E-state index is -2.19. The van der Waals surface area contributed by atoms with E-state index in [0.717, 1.165) is 11.1 Å². The van der Waals surface area contributed by atoms with Crippen molar-refractivity contribution in [2.24, 2.45) is 0 Å². The van der Waals surface area contributed by atoms with Gasteiger partial charge in [0, 0.05) is 11.1 Å². The van der Waals surface area contributed by atoms with E-state index < -0.39 is 11.1 Å². The van der Waals surface area contributed by atoms with Crippen molar-refractivity contribution in [3.63, 3.8) is 0 Å². The van der Waals surface area contributed by atoms with E-state index in [9.17, 15) is 19.0 Å². The summed E-state index contributed by atoms with van der Waals surface area (Å²) in [6.07, 6.45) is 0. The van der Waals surface area contributed by atoms with Crippen LogP contribution in [0.3, 0.4) is 0 Å². The van der Waals surface area contributed by atoms with Gasteiger partial charge in [0.15, 0.2) is 11.1 Å². The Morgan fingerprint density at radius 1 is 0.652 bits per heavy atom. The fraction of sp³-hybridized carbons (Fsp3) is 0. The molecule has 0 aliphatic carbocycles. The van der Waals surface area contributed by atoms with E-state index in [1.54, 1.807) is 42.5 Å². The maximum atomic E-state index is 11.9. The first-order valence-electron chi connectivity index (χ1n) is 6.89. The van der Waals surface area contributed by atoms with Gasteiger partial charge in [0.05, 0.1) is 4.90 Å². The first-order chi connectivity index (χ1) is 11.1. The van der Waals surface area contributed by atoms with Crippen molar-refractivity contribution in [2.75, 3.05) is 0 Å². The van der Waals surface area contributed by atoms with Gasteiger partial charge >= 0.3 is 0 Å². The lowest BCUT2D eigenvalue weighted by Gasteiger charge is -2.13. The molecule has 4 nitrogen and oxygen atoms in total. The lowest BCUT2D eigenvalue weighted by atomic mass is 9.98. The second-order valence-corrected chi connectivity index (χ2v) is 5.93. The minimum Gasteiger partial charge on any atom is -0.508 e. The maximum Gasteiger partial charge on any atom is 0.187 e. The van der Waals surface area contributed by atoms with E-state index in [1.807, 2.05) is 0 Å². The summed E-state index contributed by atoms with van der Waals surface area (Å²) in [5.41, 5.74) is 2.72. The van der Waals surface area contributed by atoms with Crippen LogP contribution < -0.4 is 0 Å². The monoisotopic (exact) mass is 326 g/mol. The fourth-order valence-electron chi connectivity index (χ4n) is 2.46. The van der Waals surface area contributed by atoms with Gasteiger partial charge in [-0.05, 0) is 35.4 Å². The van der Waals surface area contributed by atoms with Gasteiger partial charge in [0.1, 0.15) is 11.5 Å². The normalized spacial score (nSPS) is 12.0. The van der Waals surface area contributed by atoms with Crippen LogP contribution in [0.1, 0.15) is 0 Å². The quantitative estimate of drug-likeness (QED) is 0.635.